The van der Waals surface area contributed by atoms with Gasteiger partial charge in [-0.3, -0.25) is 0 Å². The Hall–Kier alpha value is -0.941. The standard InChI is InChI=1S/C17H14BrNOSSe/c18-9-3-6-12-22-17-14-7-1-2-8-15(14)19-13-16(17)21-11-5-4-10-20/h1-2,7-8,13,20H,9-12H2. The number of benzene rings is 1. The number of halogens is 1. The van der Waals surface area contributed by atoms with Crippen LogP contribution in [-0.2, 0) is 0 Å². The molecule has 1 aromatic carbocycles. The van der Waals surface area contributed by atoms with Crippen molar-refractivity contribution in [1.29, 1.82) is 0 Å². The van der Waals surface area contributed by atoms with Gasteiger partial charge in [0.1, 0.15) is 0 Å². The number of hydrogen-bond acceptors (Lipinski definition) is 3. The first kappa shape index (κ1) is 17.4. The number of aromatic nitrogens is 1. The van der Waals surface area contributed by atoms with Crippen molar-refractivity contribution in [2.75, 3.05) is 17.7 Å². The number of rotatable bonds is 4. The van der Waals surface area contributed by atoms with Gasteiger partial charge in [-0.15, -0.1) is 0 Å². The van der Waals surface area contributed by atoms with Gasteiger partial charge >= 0.3 is 150 Å². The van der Waals surface area contributed by atoms with Crippen LogP contribution >= 0.6 is 27.7 Å². The maximum absolute atomic E-state index is 8.71. The number of alkyl halides is 1. The normalized spacial score (nSPS) is 9.73. The third kappa shape index (κ3) is 5.06. The summed E-state index contributed by atoms with van der Waals surface area (Å²) >= 11 is 5.28. The molecule has 0 saturated carbocycles. The number of fused-ring (bicyclic) bond motifs is 1. The van der Waals surface area contributed by atoms with E-state index in [9.17, 15) is 0 Å². The zero-order valence-corrected chi connectivity index (χ0v) is 15.9. The third-order valence-corrected chi connectivity index (χ3v) is 6.29. The fourth-order valence-electron chi connectivity index (χ4n) is 1.78. The molecule has 0 fully saturated rings. The Morgan fingerprint density at radius 2 is 2.05 bits per heavy atom. The fourth-order valence-corrected chi connectivity index (χ4v) is 5.12. The van der Waals surface area contributed by atoms with E-state index >= 15 is 0 Å². The number of aliphatic hydroxyl groups excluding tert-OH is 1. The quantitative estimate of drug-likeness (QED) is 0.344. The van der Waals surface area contributed by atoms with E-state index in [2.05, 4.69) is 50.7 Å². The molecule has 0 radical (unpaired) electrons. The molecular weight excluding hydrogens is 425 g/mol. The van der Waals surface area contributed by atoms with E-state index in [0.29, 0.717) is 5.75 Å². The molecule has 0 aliphatic rings. The van der Waals surface area contributed by atoms with Gasteiger partial charge in [-0.25, -0.2) is 0 Å². The molecule has 22 heavy (non-hydrogen) atoms. The Morgan fingerprint density at radius 3 is 2.86 bits per heavy atom. The molecule has 1 N–H and O–H groups in total. The summed E-state index contributed by atoms with van der Waals surface area (Å²) in [6.45, 7) is -0.0878. The van der Waals surface area contributed by atoms with E-state index < -0.39 is 0 Å². The summed E-state index contributed by atoms with van der Waals surface area (Å²) in [4.78, 5) is 5.71. The number of hydrogen-bond donors (Lipinski definition) is 1. The second-order valence-electron chi connectivity index (χ2n) is 4.04. The van der Waals surface area contributed by atoms with Gasteiger partial charge in [0.25, 0.3) is 0 Å². The van der Waals surface area contributed by atoms with Gasteiger partial charge < -0.3 is 0 Å². The molecule has 1 heterocycles. The predicted octanol–water partition coefficient (Wildman–Crippen LogP) is 2.47. The topological polar surface area (TPSA) is 33.1 Å². The third-order valence-electron chi connectivity index (χ3n) is 2.68. The van der Waals surface area contributed by atoms with Crippen LogP contribution in [0, 0.1) is 23.7 Å². The SMILES string of the molecule is OCC#CCSc1cnc2ccccc2c1[Se]CC#CCBr. The molecule has 2 aromatic rings. The molecule has 0 aliphatic carbocycles. The number of pyridine rings is 1. The van der Waals surface area contributed by atoms with Crippen molar-refractivity contribution in [3.05, 3.63) is 30.5 Å². The second kappa shape index (κ2) is 9.95. The molecule has 0 spiro atoms. The molecule has 112 valence electrons. The number of para-hydroxylation sites is 1. The van der Waals surface area contributed by atoms with Crippen LogP contribution in [0.25, 0.3) is 10.9 Å². The molecule has 5 heteroatoms. The Kier molecular flexibility index (Phi) is 7.88. The minimum atomic E-state index is -0.0878. The number of nitrogens with zero attached hydrogens (tertiary/aromatic N) is 1. The average Bonchev–Trinajstić information content (AvgIpc) is 2.56. The van der Waals surface area contributed by atoms with Crippen LogP contribution in [0.4, 0.5) is 0 Å². The van der Waals surface area contributed by atoms with Crippen molar-refractivity contribution in [1.82, 2.24) is 4.98 Å². The van der Waals surface area contributed by atoms with E-state index in [-0.39, 0.29) is 21.6 Å². The van der Waals surface area contributed by atoms with Crippen molar-refractivity contribution in [2.45, 2.75) is 10.2 Å². The number of thioether (sulfide) groups is 1. The molecule has 2 rings (SSSR count). The molecular formula is C17H14BrNOSSe. The van der Waals surface area contributed by atoms with Crippen molar-refractivity contribution in [2.24, 2.45) is 0 Å². The molecule has 0 amide bonds. The van der Waals surface area contributed by atoms with E-state index in [1.54, 1.807) is 11.8 Å². The first-order valence-corrected chi connectivity index (χ1v) is 10.8. The summed E-state index contributed by atoms with van der Waals surface area (Å²) < 4.78 is 1.35. The van der Waals surface area contributed by atoms with Crippen molar-refractivity contribution >= 4 is 58.0 Å². The van der Waals surface area contributed by atoms with Gasteiger partial charge in [0.2, 0.25) is 0 Å². The molecule has 1 aromatic heterocycles. The van der Waals surface area contributed by atoms with Crippen molar-refractivity contribution < 1.29 is 5.11 Å². The summed E-state index contributed by atoms with van der Waals surface area (Å²) in [6.07, 6.45) is 1.93. The number of aliphatic hydroxyl groups is 1. The van der Waals surface area contributed by atoms with Gasteiger partial charge in [-0.05, 0) is 0 Å². The minimum absolute atomic E-state index is 0.0878. The summed E-state index contributed by atoms with van der Waals surface area (Å²) in [5.74, 6) is 12.5. The zero-order chi connectivity index (χ0) is 15.6. The van der Waals surface area contributed by atoms with Gasteiger partial charge in [-0.1, -0.05) is 0 Å². The van der Waals surface area contributed by atoms with E-state index in [1.807, 2.05) is 24.4 Å². The van der Waals surface area contributed by atoms with Crippen LogP contribution in [0.15, 0.2) is 35.4 Å². The Bertz CT molecular complexity index is 758. The maximum atomic E-state index is 8.71. The predicted molar refractivity (Wildman–Crippen MR) is 99.1 cm³/mol. The van der Waals surface area contributed by atoms with Crippen LogP contribution in [-0.4, -0.2) is 42.7 Å². The Balaban J connectivity index is 2.28. The molecule has 0 unspecified atom stereocenters. The van der Waals surface area contributed by atoms with Crippen LogP contribution < -0.4 is 4.46 Å². The van der Waals surface area contributed by atoms with Gasteiger partial charge in [0.05, 0.1) is 0 Å². The van der Waals surface area contributed by atoms with Crippen molar-refractivity contribution in [3.63, 3.8) is 0 Å². The van der Waals surface area contributed by atoms with Crippen LogP contribution in [0.3, 0.4) is 0 Å². The van der Waals surface area contributed by atoms with E-state index in [0.717, 1.165) is 16.2 Å². The Labute approximate surface area is 149 Å². The molecule has 0 aliphatic heterocycles. The molecule has 0 atom stereocenters. The fraction of sp³-hybridized carbons (Fsp3) is 0.235. The summed E-state index contributed by atoms with van der Waals surface area (Å²) in [5, 5.41) is 11.5. The van der Waals surface area contributed by atoms with Crippen LogP contribution in [0.5, 0.6) is 0 Å². The first-order valence-electron chi connectivity index (χ1n) is 6.58. The monoisotopic (exact) mass is 439 g/mol. The van der Waals surface area contributed by atoms with E-state index in [1.165, 1.54) is 14.7 Å². The van der Waals surface area contributed by atoms with Crippen LogP contribution in [0.2, 0.25) is 5.32 Å². The Morgan fingerprint density at radius 1 is 1.18 bits per heavy atom. The summed E-state index contributed by atoms with van der Waals surface area (Å²) in [7, 11) is 0. The molecule has 2 nitrogen and oxygen atoms in total. The zero-order valence-electron chi connectivity index (χ0n) is 11.8. The van der Waals surface area contributed by atoms with Crippen molar-refractivity contribution in [3.8, 4) is 23.7 Å². The van der Waals surface area contributed by atoms with Crippen LogP contribution in [0.1, 0.15) is 0 Å². The second-order valence-corrected chi connectivity index (χ2v) is 7.69. The van der Waals surface area contributed by atoms with Gasteiger partial charge in [-0.2, -0.15) is 0 Å². The van der Waals surface area contributed by atoms with Gasteiger partial charge in [0.15, 0.2) is 0 Å². The van der Waals surface area contributed by atoms with E-state index in [4.69, 9.17) is 5.11 Å². The molecule has 0 bridgehead atoms. The van der Waals surface area contributed by atoms with Gasteiger partial charge in [0, 0.05) is 0 Å². The first-order chi connectivity index (χ1) is 10.9. The molecule has 0 saturated heterocycles. The summed E-state index contributed by atoms with van der Waals surface area (Å²) in [6, 6.07) is 8.23. The average molecular weight is 439 g/mol. The summed E-state index contributed by atoms with van der Waals surface area (Å²) in [5.41, 5.74) is 1.03.